The number of likely N-dealkylation sites (N-methyl/N-ethyl adjacent to an activating group) is 1. The molecular formula is C18H28N2O5S. The maximum atomic E-state index is 12.8. The number of ether oxygens (including phenoxy) is 2. The van der Waals surface area contributed by atoms with Gasteiger partial charge in [0.2, 0.25) is 10.0 Å². The van der Waals surface area contributed by atoms with Crippen LogP contribution >= 0.6 is 0 Å². The lowest BCUT2D eigenvalue weighted by atomic mass is 10.1. The molecule has 1 saturated carbocycles. The highest BCUT2D eigenvalue weighted by molar-refractivity contribution is 7.89. The molecule has 1 fully saturated rings. The van der Waals surface area contributed by atoms with Crippen LogP contribution in [0.25, 0.3) is 0 Å². The molecule has 0 saturated heterocycles. The highest BCUT2D eigenvalue weighted by Gasteiger charge is 2.27. The molecule has 26 heavy (non-hydrogen) atoms. The van der Waals surface area contributed by atoms with E-state index in [0.29, 0.717) is 12.2 Å². The molecule has 1 aromatic rings. The molecule has 0 bridgehead atoms. The second kappa shape index (κ2) is 8.83. The first-order valence-electron chi connectivity index (χ1n) is 8.76. The van der Waals surface area contributed by atoms with Crippen molar-refractivity contribution in [1.82, 2.24) is 9.62 Å². The van der Waals surface area contributed by atoms with E-state index in [2.05, 4.69) is 4.72 Å². The smallest absolute Gasteiger partial charge is 0.253 e. The Morgan fingerprint density at radius 1 is 1.31 bits per heavy atom. The molecule has 2 rings (SSSR count). The van der Waals surface area contributed by atoms with Crippen LogP contribution in [0, 0.1) is 0 Å². The van der Waals surface area contributed by atoms with Crippen LogP contribution in [0.1, 0.15) is 43.0 Å². The Bertz CT molecular complexity index is 729. The van der Waals surface area contributed by atoms with Crippen LogP contribution in [0.5, 0.6) is 5.75 Å². The summed E-state index contributed by atoms with van der Waals surface area (Å²) < 4.78 is 38.7. The number of hydrogen-bond acceptors (Lipinski definition) is 5. The molecule has 1 aliphatic rings. The largest absolute Gasteiger partial charge is 0.495 e. The molecule has 1 unspecified atom stereocenters. The van der Waals surface area contributed by atoms with Crippen molar-refractivity contribution in [2.45, 2.75) is 49.6 Å². The summed E-state index contributed by atoms with van der Waals surface area (Å²) in [7, 11) is 0.885. The molecule has 0 spiro atoms. The molecule has 1 atom stereocenters. The van der Waals surface area contributed by atoms with Gasteiger partial charge in [0.1, 0.15) is 10.6 Å². The summed E-state index contributed by atoms with van der Waals surface area (Å²) in [5.74, 6) is -0.0471. The topological polar surface area (TPSA) is 84.9 Å². The molecule has 0 radical (unpaired) electrons. The van der Waals surface area contributed by atoms with Crippen molar-refractivity contribution in [2.24, 2.45) is 0 Å². The highest BCUT2D eigenvalue weighted by atomic mass is 32.2. The van der Waals surface area contributed by atoms with Crippen LogP contribution in [0.4, 0.5) is 0 Å². The number of nitrogens with zero attached hydrogens (tertiary/aromatic N) is 1. The van der Waals surface area contributed by atoms with Gasteiger partial charge in [0.15, 0.2) is 0 Å². The zero-order chi connectivity index (χ0) is 19.3. The summed E-state index contributed by atoms with van der Waals surface area (Å²) in [5.41, 5.74) is 0.294. The Morgan fingerprint density at radius 3 is 2.54 bits per heavy atom. The summed E-state index contributed by atoms with van der Waals surface area (Å²) >= 11 is 0. The zero-order valence-electron chi connectivity index (χ0n) is 15.8. The van der Waals surface area contributed by atoms with E-state index in [0.717, 1.165) is 25.7 Å². The molecule has 7 nitrogen and oxygen atoms in total. The van der Waals surface area contributed by atoms with Gasteiger partial charge in [-0.25, -0.2) is 13.1 Å². The minimum absolute atomic E-state index is 0.00876. The summed E-state index contributed by atoms with van der Waals surface area (Å²) in [5, 5.41) is 0. The summed E-state index contributed by atoms with van der Waals surface area (Å²) in [6.45, 7) is 2.26. The van der Waals surface area contributed by atoms with E-state index in [-0.39, 0.29) is 28.6 Å². The number of carbonyl (C=O) groups is 1. The van der Waals surface area contributed by atoms with E-state index in [1.165, 1.54) is 24.1 Å². The fraction of sp³-hybridized carbons (Fsp3) is 0.611. The second-order valence-electron chi connectivity index (χ2n) is 6.69. The van der Waals surface area contributed by atoms with Crippen LogP contribution in [0.15, 0.2) is 23.1 Å². The van der Waals surface area contributed by atoms with Crippen LogP contribution in [0.2, 0.25) is 0 Å². The Morgan fingerprint density at radius 2 is 1.96 bits per heavy atom. The first-order valence-corrected chi connectivity index (χ1v) is 10.2. The number of amides is 1. The lowest BCUT2D eigenvalue weighted by Gasteiger charge is -2.24. The number of benzene rings is 1. The van der Waals surface area contributed by atoms with E-state index in [1.54, 1.807) is 20.2 Å². The van der Waals surface area contributed by atoms with Crippen molar-refractivity contribution in [3.05, 3.63) is 23.8 Å². The normalized spacial score (nSPS) is 16.5. The number of rotatable bonds is 8. The molecule has 0 aromatic heterocycles. The maximum Gasteiger partial charge on any atom is 0.253 e. The molecule has 8 heteroatoms. The van der Waals surface area contributed by atoms with Gasteiger partial charge in [-0.2, -0.15) is 0 Å². The lowest BCUT2D eigenvalue weighted by molar-refractivity contribution is 0.0633. The zero-order valence-corrected chi connectivity index (χ0v) is 16.6. The SMILES string of the molecule is COCC(C)N(C)C(=O)c1ccc(OC)c(S(=O)(=O)NC2CCCC2)c1. The van der Waals surface area contributed by atoms with E-state index in [1.807, 2.05) is 6.92 Å². The van der Waals surface area contributed by atoms with E-state index >= 15 is 0 Å². The third kappa shape index (κ3) is 4.75. The monoisotopic (exact) mass is 384 g/mol. The second-order valence-corrected chi connectivity index (χ2v) is 8.37. The van der Waals surface area contributed by atoms with Gasteiger partial charge in [0, 0.05) is 25.8 Å². The summed E-state index contributed by atoms with van der Waals surface area (Å²) in [4.78, 5) is 14.2. The Kier molecular flexibility index (Phi) is 7.02. The first kappa shape index (κ1) is 20.7. The van der Waals surface area contributed by atoms with Crippen molar-refractivity contribution in [3.8, 4) is 5.75 Å². The van der Waals surface area contributed by atoms with E-state index < -0.39 is 10.0 Å². The Hall–Kier alpha value is -1.64. The minimum atomic E-state index is -3.77. The fourth-order valence-corrected chi connectivity index (χ4v) is 4.60. The number of nitrogens with one attached hydrogen (secondary N) is 1. The minimum Gasteiger partial charge on any atom is -0.495 e. The standard InChI is InChI=1S/C18H28N2O5S/c1-13(12-24-3)20(2)18(21)14-9-10-16(25-4)17(11-14)26(22,23)19-15-7-5-6-8-15/h9-11,13,15,19H,5-8,12H2,1-4H3. The average Bonchev–Trinajstić information content (AvgIpc) is 3.12. The molecule has 1 aliphatic carbocycles. The van der Waals surface area contributed by atoms with E-state index in [4.69, 9.17) is 9.47 Å². The lowest BCUT2D eigenvalue weighted by Crippen LogP contribution is -2.38. The summed E-state index contributed by atoms with van der Waals surface area (Å²) in [6.07, 6.45) is 3.70. The predicted molar refractivity (Wildman–Crippen MR) is 99.0 cm³/mol. The molecular weight excluding hydrogens is 356 g/mol. The predicted octanol–water partition coefficient (Wildman–Crippen LogP) is 2.02. The highest BCUT2D eigenvalue weighted by Crippen LogP contribution is 2.27. The van der Waals surface area contributed by atoms with Gasteiger partial charge in [-0.1, -0.05) is 12.8 Å². The van der Waals surface area contributed by atoms with Gasteiger partial charge in [0.25, 0.3) is 5.91 Å². The third-order valence-electron chi connectivity index (χ3n) is 4.77. The van der Waals surface area contributed by atoms with Crippen molar-refractivity contribution < 1.29 is 22.7 Å². The van der Waals surface area contributed by atoms with Crippen LogP contribution in [-0.2, 0) is 14.8 Å². The van der Waals surface area contributed by atoms with Gasteiger partial charge in [-0.05, 0) is 38.0 Å². The molecule has 1 amide bonds. The quantitative estimate of drug-likeness (QED) is 0.741. The van der Waals surface area contributed by atoms with Crippen LogP contribution < -0.4 is 9.46 Å². The van der Waals surface area contributed by atoms with E-state index in [9.17, 15) is 13.2 Å². The van der Waals surface area contributed by atoms with Crippen LogP contribution in [0.3, 0.4) is 0 Å². The van der Waals surface area contributed by atoms with Gasteiger partial charge >= 0.3 is 0 Å². The van der Waals surface area contributed by atoms with Crippen molar-refractivity contribution in [1.29, 1.82) is 0 Å². The first-order chi connectivity index (χ1) is 12.3. The van der Waals surface area contributed by atoms with Crippen LogP contribution in [-0.4, -0.2) is 59.2 Å². The molecule has 0 aliphatic heterocycles. The summed E-state index contributed by atoms with van der Waals surface area (Å²) in [6, 6.07) is 4.28. The Labute approximate surface area is 155 Å². The fourth-order valence-electron chi connectivity index (χ4n) is 3.10. The molecule has 1 aromatic carbocycles. The number of hydrogen-bond donors (Lipinski definition) is 1. The number of methoxy groups -OCH3 is 2. The van der Waals surface area contributed by atoms with Gasteiger partial charge in [0.05, 0.1) is 19.8 Å². The van der Waals surface area contributed by atoms with Crippen molar-refractivity contribution in [3.63, 3.8) is 0 Å². The average molecular weight is 384 g/mol. The molecule has 146 valence electrons. The number of carbonyl (C=O) groups excluding carboxylic acids is 1. The maximum absolute atomic E-state index is 12.8. The van der Waals surface area contributed by atoms with Gasteiger partial charge in [-0.15, -0.1) is 0 Å². The van der Waals surface area contributed by atoms with Gasteiger partial charge < -0.3 is 14.4 Å². The van der Waals surface area contributed by atoms with Gasteiger partial charge in [-0.3, -0.25) is 4.79 Å². The number of sulfonamides is 1. The third-order valence-corrected chi connectivity index (χ3v) is 6.31. The van der Waals surface area contributed by atoms with Crippen molar-refractivity contribution >= 4 is 15.9 Å². The molecule has 0 heterocycles. The van der Waals surface area contributed by atoms with Crippen molar-refractivity contribution in [2.75, 3.05) is 27.9 Å². The Balaban J connectivity index is 2.31. The molecule has 1 N–H and O–H groups in total.